The van der Waals surface area contributed by atoms with E-state index < -0.39 is 0 Å². The van der Waals surface area contributed by atoms with Crippen molar-refractivity contribution < 1.29 is 4.79 Å². The van der Waals surface area contributed by atoms with Gasteiger partial charge in [-0.25, -0.2) is 0 Å². The standard InChI is InChI=1S/C19H26O/c1-19(2)10-9-17-16-5-3-12-11-13(20)4-6-14(12)15(16)7-8-18(17)19/h11,14-16H,3-10H2,1-2H3/t14-,15-,16-/m1/s1. The van der Waals surface area contributed by atoms with Gasteiger partial charge in [0.2, 0.25) is 0 Å². The summed E-state index contributed by atoms with van der Waals surface area (Å²) >= 11 is 0. The van der Waals surface area contributed by atoms with E-state index in [1.165, 1.54) is 44.1 Å². The molecule has 1 heteroatoms. The van der Waals surface area contributed by atoms with Crippen molar-refractivity contribution in [1.82, 2.24) is 0 Å². The third-order valence-corrected chi connectivity index (χ3v) is 6.70. The fourth-order valence-corrected chi connectivity index (χ4v) is 5.67. The van der Waals surface area contributed by atoms with Crippen molar-refractivity contribution in [2.24, 2.45) is 23.2 Å². The molecule has 0 heterocycles. The highest BCUT2D eigenvalue weighted by Gasteiger charge is 2.46. The van der Waals surface area contributed by atoms with Crippen molar-refractivity contribution >= 4 is 5.78 Å². The molecule has 4 rings (SSSR count). The summed E-state index contributed by atoms with van der Waals surface area (Å²) in [5.41, 5.74) is 5.64. The van der Waals surface area contributed by atoms with Gasteiger partial charge in [-0.05, 0) is 74.2 Å². The molecule has 0 aromatic heterocycles. The number of fused-ring (bicyclic) bond motifs is 4. The van der Waals surface area contributed by atoms with E-state index in [0.717, 1.165) is 30.6 Å². The van der Waals surface area contributed by atoms with E-state index >= 15 is 0 Å². The van der Waals surface area contributed by atoms with Crippen LogP contribution in [0.3, 0.4) is 0 Å². The van der Waals surface area contributed by atoms with Crippen molar-refractivity contribution in [3.05, 3.63) is 22.8 Å². The first kappa shape index (κ1) is 12.9. The number of hydrogen-bond acceptors (Lipinski definition) is 1. The number of hydrogen-bond donors (Lipinski definition) is 0. The summed E-state index contributed by atoms with van der Waals surface area (Å²) in [5.74, 6) is 2.84. The normalized spacial score (nSPS) is 39.0. The number of carbonyl (C=O) groups is 1. The molecule has 1 nitrogen and oxygen atoms in total. The van der Waals surface area contributed by atoms with Crippen molar-refractivity contribution in [2.45, 2.75) is 65.2 Å². The van der Waals surface area contributed by atoms with Crippen molar-refractivity contribution in [3.8, 4) is 0 Å². The zero-order valence-electron chi connectivity index (χ0n) is 12.9. The van der Waals surface area contributed by atoms with Crippen LogP contribution in [0.2, 0.25) is 0 Å². The Bertz CT molecular complexity index is 520. The van der Waals surface area contributed by atoms with E-state index in [1.54, 1.807) is 0 Å². The molecular weight excluding hydrogens is 244 g/mol. The summed E-state index contributed by atoms with van der Waals surface area (Å²) in [4.78, 5) is 11.7. The van der Waals surface area contributed by atoms with Gasteiger partial charge in [0, 0.05) is 6.42 Å². The highest BCUT2D eigenvalue weighted by Crippen LogP contribution is 2.58. The van der Waals surface area contributed by atoms with Gasteiger partial charge in [-0.1, -0.05) is 30.6 Å². The van der Waals surface area contributed by atoms with E-state index in [9.17, 15) is 4.79 Å². The summed E-state index contributed by atoms with van der Waals surface area (Å²) in [7, 11) is 0. The van der Waals surface area contributed by atoms with E-state index in [0.29, 0.717) is 11.2 Å². The van der Waals surface area contributed by atoms with Crippen LogP contribution in [-0.2, 0) is 4.79 Å². The Morgan fingerprint density at radius 3 is 2.65 bits per heavy atom. The lowest BCUT2D eigenvalue weighted by Crippen LogP contribution is -2.36. The SMILES string of the molecule is CC1(C)CCC2=C1CC[C@@H]1[C@@H]3CCC(=O)C=C3CC[C@@H]21. The summed E-state index contributed by atoms with van der Waals surface area (Å²) < 4.78 is 0. The maximum absolute atomic E-state index is 11.7. The Morgan fingerprint density at radius 1 is 1.00 bits per heavy atom. The number of carbonyl (C=O) groups excluding carboxylic acids is 1. The van der Waals surface area contributed by atoms with Crippen LogP contribution in [0.5, 0.6) is 0 Å². The molecule has 0 amide bonds. The summed E-state index contributed by atoms with van der Waals surface area (Å²) in [6.07, 6.45) is 11.9. The molecule has 108 valence electrons. The van der Waals surface area contributed by atoms with Crippen LogP contribution in [0.25, 0.3) is 0 Å². The Labute approximate surface area is 122 Å². The Morgan fingerprint density at radius 2 is 1.80 bits per heavy atom. The second kappa shape index (κ2) is 4.32. The van der Waals surface area contributed by atoms with Gasteiger partial charge < -0.3 is 0 Å². The number of allylic oxidation sites excluding steroid dienone is 4. The molecular formula is C19H26O. The van der Waals surface area contributed by atoms with Gasteiger partial charge in [-0.2, -0.15) is 0 Å². The molecule has 0 radical (unpaired) electrons. The number of rotatable bonds is 0. The molecule has 4 aliphatic rings. The zero-order chi connectivity index (χ0) is 13.9. The van der Waals surface area contributed by atoms with Gasteiger partial charge in [0.1, 0.15) is 0 Å². The van der Waals surface area contributed by atoms with Gasteiger partial charge >= 0.3 is 0 Å². The Kier molecular flexibility index (Phi) is 2.78. The van der Waals surface area contributed by atoms with E-state index in [2.05, 4.69) is 13.8 Å². The quantitative estimate of drug-likeness (QED) is 0.576. The van der Waals surface area contributed by atoms with Crippen molar-refractivity contribution in [2.75, 3.05) is 0 Å². The minimum atomic E-state index is 0.382. The molecule has 0 aromatic carbocycles. The Hall–Kier alpha value is -0.850. The lowest BCUT2D eigenvalue weighted by Gasteiger charge is -2.46. The second-order valence-corrected chi connectivity index (χ2v) is 8.07. The predicted molar refractivity (Wildman–Crippen MR) is 81.3 cm³/mol. The predicted octanol–water partition coefficient (Wildman–Crippen LogP) is 4.83. The smallest absolute Gasteiger partial charge is 0.155 e. The molecule has 20 heavy (non-hydrogen) atoms. The third-order valence-electron chi connectivity index (χ3n) is 6.70. The highest BCUT2D eigenvalue weighted by molar-refractivity contribution is 5.91. The molecule has 1 saturated carbocycles. The summed E-state index contributed by atoms with van der Waals surface area (Å²) in [5, 5.41) is 0. The molecule has 0 unspecified atom stereocenters. The van der Waals surface area contributed by atoms with E-state index in [1.807, 2.05) is 17.2 Å². The summed E-state index contributed by atoms with van der Waals surface area (Å²) in [6.45, 7) is 4.90. The first-order valence-corrected chi connectivity index (χ1v) is 8.52. The average Bonchev–Trinajstić information content (AvgIpc) is 2.74. The van der Waals surface area contributed by atoms with Crippen LogP contribution in [0.1, 0.15) is 65.2 Å². The largest absolute Gasteiger partial charge is 0.295 e. The molecule has 0 spiro atoms. The minimum absolute atomic E-state index is 0.382. The first-order chi connectivity index (χ1) is 9.56. The van der Waals surface area contributed by atoms with Crippen molar-refractivity contribution in [1.29, 1.82) is 0 Å². The molecule has 1 fully saturated rings. The number of ketones is 1. The lowest BCUT2D eigenvalue weighted by atomic mass is 9.59. The van der Waals surface area contributed by atoms with Gasteiger partial charge in [0.25, 0.3) is 0 Å². The van der Waals surface area contributed by atoms with Crippen LogP contribution in [0.4, 0.5) is 0 Å². The molecule has 3 atom stereocenters. The molecule has 0 aromatic rings. The fraction of sp³-hybridized carbons (Fsp3) is 0.737. The molecule has 4 aliphatic carbocycles. The van der Waals surface area contributed by atoms with Gasteiger partial charge in [0.15, 0.2) is 5.78 Å². The molecule has 0 bridgehead atoms. The molecule has 0 N–H and O–H groups in total. The van der Waals surface area contributed by atoms with E-state index in [4.69, 9.17) is 0 Å². The van der Waals surface area contributed by atoms with Gasteiger partial charge in [-0.3, -0.25) is 4.79 Å². The Balaban J connectivity index is 1.67. The maximum Gasteiger partial charge on any atom is 0.155 e. The maximum atomic E-state index is 11.7. The van der Waals surface area contributed by atoms with Gasteiger partial charge in [0.05, 0.1) is 0 Å². The van der Waals surface area contributed by atoms with Crippen LogP contribution >= 0.6 is 0 Å². The van der Waals surface area contributed by atoms with E-state index in [-0.39, 0.29) is 0 Å². The highest BCUT2D eigenvalue weighted by atomic mass is 16.1. The third kappa shape index (κ3) is 1.78. The van der Waals surface area contributed by atoms with Crippen LogP contribution < -0.4 is 0 Å². The van der Waals surface area contributed by atoms with Crippen LogP contribution in [-0.4, -0.2) is 5.78 Å². The lowest BCUT2D eigenvalue weighted by molar-refractivity contribution is -0.115. The van der Waals surface area contributed by atoms with Crippen LogP contribution in [0.15, 0.2) is 22.8 Å². The molecule has 0 aliphatic heterocycles. The topological polar surface area (TPSA) is 17.1 Å². The van der Waals surface area contributed by atoms with Crippen molar-refractivity contribution in [3.63, 3.8) is 0 Å². The summed E-state index contributed by atoms with van der Waals surface area (Å²) in [6, 6.07) is 0. The first-order valence-electron chi connectivity index (χ1n) is 8.52. The zero-order valence-corrected chi connectivity index (χ0v) is 12.9. The van der Waals surface area contributed by atoms with Gasteiger partial charge in [-0.15, -0.1) is 0 Å². The average molecular weight is 270 g/mol. The fourth-order valence-electron chi connectivity index (χ4n) is 5.67. The van der Waals surface area contributed by atoms with Crippen LogP contribution in [0, 0.1) is 23.2 Å². The second-order valence-electron chi connectivity index (χ2n) is 8.07. The monoisotopic (exact) mass is 270 g/mol. The minimum Gasteiger partial charge on any atom is -0.295 e. The molecule has 0 saturated heterocycles.